The zero-order chi connectivity index (χ0) is 16.5. The lowest BCUT2D eigenvalue weighted by molar-refractivity contribution is -0.213. The summed E-state index contributed by atoms with van der Waals surface area (Å²) in [6.45, 7) is 6.23. The van der Waals surface area contributed by atoms with E-state index in [1.54, 1.807) is 26.0 Å². The lowest BCUT2D eigenvalue weighted by Gasteiger charge is -2.20. The molecule has 0 aromatic heterocycles. The van der Waals surface area contributed by atoms with Crippen molar-refractivity contribution in [2.75, 3.05) is 25.6 Å². The van der Waals surface area contributed by atoms with E-state index in [1.807, 2.05) is 31.1 Å². The van der Waals surface area contributed by atoms with Crippen LogP contribution in [-0.4, -0.2) is 39.3 Å². The number of nitrogens with zero attached hydrogens (tertiary/aromatic N) is 1. The summed E-state index contributed by atoms with van der Waals surface area (Å²) in [5.41, 5.74) is 1.53. The van der Waals surface area contributed by atoms with Gasteiger partial charge in [-0.25, -0.2) is 4.79 Å². The molecule has 124 valence electrons. The van der Waals surface area contributed by atoms with Gasteiger partial charge >= 0.3 is 5.97 Å². The lowest BCUT2D eigenvalue weighted by Crippen LogP contribution is -2.25. The fourth-order valence-corrected chi connectivity index (χ4v) is 1.85. The van der Waals surface area contributed by atoms with Crippen LogP contribution in [0.3, 0.4) is 0 Å². The molecular weight excluding hydrogens is 282 g/mol. The minimum absolute atomic E-state index is 0.398. The van der Waals surface area contributed by atoms with E-state index >= 15 is 0 Å². The maximum absolute atomic E-state index is 12.0. The SMILES string of the molecule is CCCCOC(C)OC(C)OC(=O)c1ccc(N(C)C)cc1. The molecule has 0 heterocycles. The van der Waals surface area contributed by atoms with Crippen molar-refractivity contribution in [1.82, 2.24) is 0 Å². The number of anilines is 1. The van der Waals surface area contributed by atoms with Gasteiger partial charge in [0.25, 0.3) is 0 Å². The van der Waals surface area contributed by atoms with E-state index in [9.17, 15) is 4.79 Å². The Labute approximate surface area is 133 Å². The monoisotopic (exact) mass is 309 g/mol. The van der Waals surface area contributed by atoms with Gasteiger partial charge in [-0.15, -0.1) is 0 Å². The highest BCUT2D eigenvalue weighted by atomic mass is 16.8. The second kappa shape index (κ2) is 9.43. The molecule has 0 N–H and O–H groups in total. The first-order chi connectivity index (χ1) is 10.4. The summed E-state index contributed by atoms with van der Waals surface area (Å²) in [6, 6.07) is 7.23. The average Bonchev–Trinajstić information content (AvgIpc) is 2.47. The first kappa shape index (κ1) is 18.5. The third kappa shape index (κ3) is 6.45. The third-order valence-corrected chi connectivity index (χ3v) is 3.13. The summed E-state index contributed by atoms with van der Waals surface area (Å²) in [6.07, 6.45) is 1.00. The van der Waals surface area contributed by atoms with Gasteiger partial charge in [-0.3, -0.25) is 0 Å². The van der Waals surface area contributed by atoms with Crippen LogP contribution in [-0.2, 0) is 14.2 Å². The molecule has 1 aromatic carbocycles. The number of rotatable bonds is 9. The number of carbonyl (C=O) groups is 1. The molecule has 5 heteroatoms. The molecular formula is C17H27NO4. The summed E-state index contributed by atoms with van der Waals surface area (Å²) in [5, 5.41) is 0. The second-order valence-electron chi connectivity index (χ2n) is 5.34. The highest BCUT2D eigenvalue weighted by molar-refractivity contribution is 5.89. The Balaban J connectivity index is 2.43. The fraction of sp³-hybridized carbons (Fsp3) is 0.588. The quantitative estimate of drug-likeness (QED) is 0.397. The summed E-state index contributed by atoms with van der Waals surface area (Å²) >= 11 is 0. The molecule has 1 rings (SSSR count). The summed E-state index contributed by atoms with van der Waals surface area (Å²) in [4.78, 5) is 14.0. The Morgan fingerprint density at radius 1 is 1.14 bits per heavy atom. The predicted octanol–water partition coefficient (Wildman–Crippen LogP) is 3.43. The second-order valence-corrected chi connectivity index (χ2v) is 5.34. The molecule has 0 saturated heterocycles. The lowest BCUT2D eigenvalue weighted by atomic mass is 10.2. The van der Waals surface area contributed by atoms with Gasteiger partial charge in [0, 0.05) is 26.4 Å². The van der Waals surface area contributed by atoms with Crippen molar-refractivity contribution in [2.24, 2.45) is 0 Å². The smallest absolute Gasteiger partial charge is 0.340 e. The van der Waals surface area contributed by atoms with Crippen LogP contribution in [0.1, 0.15) is 44.0 Å². The summed E-state index contributed by atoms with van der Waals surface area (Å²) in [7, 11) is 3.90. The van der Waals surface area contributed by atoms with E-state index < -0.39 is 18.5 Å². The van der Waals surface area contributed by atoms with Gasteiger partial charge in [0.1, 0.15) is 0 Å². The maximum Gasteiger partial charge on any atom is 0.340 e. The summed E-state index contributed by atoms with van der Waals surface area (Å²) < 4.78 is 16.2. The van der Waals surface area contributed by atoms with Crippen LogP contribution < -0.4 is 4.90 Å². The number of unbranched alkanes of at least 4 members (excludes halogenated alkanes) is 1. The number of ether oxygens (including phenoxy) is 3. The number of hydrogen-bond acceptors (Lipinski definition) is 5. The molecule has 0 saturated carbocycles. The standard InChI is InChI=1S/C17H27NO4/c1-6-7-12-20-13(2)21-14(3)22-17(19)15-8-10-16(11-9-15)18(4)5/h8-11,13-14H,6-7,12H2,1-5H3. The van der Waals surface area contributed by atoms with E-state index in [0.717, 1.165) is 18.5 Å². The van der Waals surface area contributed by atoms with Crippen molar-refractivity contribution in [1.29, 1.82) is 0 Å². The zero-order valence-corrected chi connectivity index (χ0v) is 14.2. The van der Waals surface area contributed by atoms with Crippen molar-refractivity contribution in [3.63, 3.8) is 0 Å². The van der Waals surface area contributed by atoms with Gasteiger partial charge in [0.2, 0.25) is 6.29 Å². The first-order valence-electron chi connectivity index (χ1n) is 7.69. The number of benzene rings is 1. The van der Waals surface area contributed by atoms with Gasteiger partial charge in [-0.1, -0.05) is 13.3 Å². The molecule has 2 atom stereocenters. The van der Waals surface area contributed by atoms with Crippen molar-refractivity contribution in [2.45, 2.75) is 46.2 Å². The topological polar surface area (TPSA) is 48.0 Å². The van der Waals surface area contributed by atoms with E-state index in [0.29, 0.717) is 12.2 Å². The Hall–Kier alpha value is -1.59. The molecule has 0 amide bonds. The first-order valence-corrected chi connectivity index (χ1v) is 7.69. The van der Waals surface area contributed by atoms with Gasteiger partial charge in [-0.2, -0.15) is 0 Å². The molecule has 0 aliphatic rings. The van der Waals surface area contributed by atoms with Crippen LogP contribution in [0.15, 0.2) is 24.3 Å². The highest BCUT2D eigenvalue weighted by Gasteiger charge is 2.15. The van der Waals surface area contributed by atoms with Crippen LogP contribution in [0.25, 0.3) is 0 Å². The van der Waals surface area contributed by atoms with Crippen LogP contribution in [0.4, 0.5) is 5.69 Å². The Kier molecular flexibility index (Phi) is 7.91. The molecule has 0 radical (unpaired) electrons. The van der Waals surface area contributed by atoms with E-state index in [2.05, 4.69) is 6.92 Å². The minimum Gasteiger partial charge on any atom is -0.432 e. The minimum atomic E-state index is -0.655. The van der Waals surface area contributed by atoms with Crippen LogP contribution >= 0.6 is 0 Å². The Morgan fingerprint density at radius 2 is 1.77 bits per heavy atom. The van der Waals surface area contributed by atoms with E-state index in [1.165, 1.54) is 0 Å². The molecule has 5 nitrogen and oxygen atoms in total. The van der Waals surface area contributed by atoms with Crippen molar-refractivity contribution >= 4 is 11.7 Å². The van der Waals surface area contributed by atoms with Crippen LogP contribution in [0.5, 0.6) is 0 Å². The number of carbonyl (C=O) groups excluding carboxylic acids is 1. The van der Waals surface area contributed by atoms with Gasteiger partial charge in [-0.05, 0) is 44.5 Å². The highest BCUT2D eigenvalue weighted by Crippen LogP contribution is 2.14. The fourth-order valence-electron chi connectivity index (χ4n) is 1.85. The largest absolute Gasteiger partial charge is 0.432 e. The molecule has 0 bridgehead atoms. The van der Waals surface area contributed by atoms with Crippen molar-refractivity contribution in [3.8, 4) is 0 Å². The van der Waals surface area contributed by atoms with Crippen molar-refractivity contribution < 1.29 is 19.0 Å². The van der Waals surface area contributed by atoms with Gasteiger partial charge in [0.15, 0.2) is 6.29 Å². The molecule has 0 aliphatic heterocycles. The molecule has 0 aliphatic carbocycles. The normalized spacial score (nSPS) is 13.5. The molecule has 2 unspecified atom stereocenters. The molecule has 22 heavy (non-hydrogen) atoms. The van der Waals surface area contributed by atoms with Gasteiger partial charge < -0.3 is 19.1 Å². The van der Waals surface area contributed by atoms with Crippen LogP contribution in [0.2, 0.25) is 0 Å². The third-order valence-electron chi connectivity index (χ3n) is 3.13. The van der Waals surface area contributed by atoms with Crippen LogP contribution in [0, 0.1) is 0 Å². The maximum atomic E-state index is 12.0. The molecule has 0 fully saturated rings. The molecule has 1 aromatic rings. The van der Waals surface area contributed by atoms with Gasteiger partial charge in [0.05, 0.1) is 5.56 Å². The number of hydrogen-bond donors (Lipinski definition) is 0. The van der Waals surface area contributed by atoms with E-state index in [-0.39, 0.29) is 0 Å². The summed E-state index contributed by atoms with van der Waals surface area (Å²) in [5.74, 6) is -0.404. The Bertz CT molecular complexity index is 444. The zero-order valence-electron chi connectivity index (χ0n) is 14.2. The predicted molar refractivity (Wildman–Crippen MR) is 87.1 cm³/mol. The molecule has 0 spiro atoms. The number of esters is 1. The van der Waals surface area contributed by atoms with Crippen molar-refractivity contribution in [3.05, 3.63) is 29.8 Å². The van der Waals surface area contributed by atoms with E-state index in [4.69, 9.17) is 14.2 Å². The average molecular weight is 309 g/mol. The Morgan fingerprint density at radius 3 is 2.32 bits per heavy atom.